The summed E-state index contributed by atoms with van der Waals surface area (Å²) in [4.78, 5) is 20.0. The Morgan fingerprint density at radius 2 is 2.00 bits per heavy atom. The number of nitrogens with zero attached hydrogens (tertiary/aromatic N) is 4. The lowest BCUT2D eigenvalue weighted by molar-refractivity contribution is 0.0472. The second kappa shape index (κ2) is 9.36. The number of hydrogen-bond donors (Lipinski definition) is 1. The molecule has 0 bridgehead atoms. The molecule has 0 radical (unpaired) electrons. The minimum absolute atomic E-state index is 0.0719. The van der Waals surface area contributed by atoms with Crippen molar-refractivity contribution in [3.05, 3.63) is 72.1 Å². The molecule has 8 nitrogen and oxygen atoms in total. The summed E-state index contributed by atoms with van der Waals surface area (Å²) >= 11 is 0. The van der Waals surface area contributed by atoms with Gasteiger partial charge in [0.1, 0.15) is 12.4 Å². The van der Waals surface area contributed by atoms with E-state index >= 15 is 0 Å². The molecule has 1 unspecified atom stereocenters. The average Bonchev–Trinajstić information content (AvgIpc) is 3.50. The van der Waals surface area contributed by atoms with Gasteiger partial charge in [0.2, 0.25) is 0 Å². The maximum absolute atomic E-state index is 12.6. The van der Waals surface area contributed by atoms with Crippen molar-refractivity contribution < 1.29 is 14.4 Å². The van der Waals surface area contributed by atoms with Gasteiger partial charge >= 0.3 is 6.03 Å². The van der Waals surface area contributed by atoms with E-state index in [1.54, 1.807) is 4.68 Å². The Morgan fingerprint density at radius 1 is 1.18 bits per heavy atom. The van der Waals surface area contributed by atoms with E-state index in [4.69, 9.17) is 9.57 Å². The van der Waals surface area contributed by atoms with Crippen molar-refractivity contribution in [2.24, 2.45) is 12.2 Å². The highest BCUT2D eigenvalue weighted by Gasteiger charge is 2.24. The molecular formula is C25H27N5O3. The minimum atomic E-state index is -0.180. The van der Waals surface area contributed by atoms with Crippen LogP contribution in [0.1, 0.15) is 17.5 Å². The zero-order valence-corrected chi connectivity index (χ0v) is 18.6. The number of carbonyl (C=O) groups is 1. The van der Waals surface area contributed by atoms with Crippen molar-refractivity contribution in [2.45, 2.75) is 25.5 Å². The third-order valence-corrected chi connectivity index (χ3v) is 5.98. The van der Waals surface area contributed by atoms with Crippen molar-refractivity contribution in [3.63, 3.8) is 0 Å². The Labute approximate surface area is 192 Å². The standard InChI is InChI=1S/C25H27N5O3/c1-29-15-20(13-27-29)23-8-4-5-9-24(23)32-17-22-12-21(28-33-22)14-26-25(31)30-11-10-18-6-2-3-7-19(18)16-30/h2-9,13,15,22H,10-12,14,16-17H2,1H3,(H,26,31). The highest BCUT2D eigenvalue weighted by atomic mass is 16.7. The second-order valence-corrected chi connectivity index (χ2v) is 8.40. The number of para-hydroxylation sites is 1. The maximum Gasteiger partial charge on any atom is 0.318 e. The first-order valence-corrected chi connectivity index (χ1v) is 11.2. The lowest BCUT2D eigenvalue weighted by atomic mass is 10.0. The van der Waals surface area contributed by atoms with Crippen LogP contribution in [-0.4, -0.2) is 52.2 Å². The van der Waals surface area contributed by atoms with Crippen molar-refractivity contribution in [1.29, 1.82) is 0 Å². The molecule has 0 spiro atoms. The monoisotopic (exact) mass is 445 g/mol. The molecule has 5 rings (SSSR count). The number of aryl methyl sites for hydroxylation is 1. The molecule has 3 heterocycles. The number of ether oxygens (including phenoxy) is 1. The largest absolute Gasteiger partial charge is 0.489 e. The normalized spacial score (nSPS) is 17.2. The molecule has 0 fully saturated rings. The molecule has 1 N–H and O–H groups in total. The Balaban J connectivity index is 1.09. The quantitative estimate of drug-likeness (QED) is 0.631. The fourth-order valence-corrected chi connectivity index (χ4v) is 4.21. The van der Waals surface area contributed by atoms with E-state index in [1.165, 1.54) is 11.1 Å². The third kappa shape index (κ3) is 4.84. The van der Waals surface area contributed by atoms with E-state index < -0.39 is 0 Å². The second-order valence-electron chi connectivity index (χ2n) is 8.40. The van der Waals surface area contributed by atoms with Gasteiger partial charge in [-0.1, -0.05) is 47.6 Å². The predicted octanol–water partition coefficient (Wildman–Crippen LogP) is 3.38. The SMILES string of the molecule is Cn1cc(-c2ccccc2OCC2CC(CNC(=O)N3CCc4ccccc4C3)=NO2)cn1. The molecule has 1 aromatic heterocycles. The number of urea groups is 1. The number of amides is 2. The van der Waals surface area contributed by atoms with Crippen molar-refractivity contribution in [1.82, 2.24) is 20.0 Å². The van der Waals surface area contributed by atoms with Crippen LogP contribution in [0.5, 0.6) is 5.75 Å². The van der Waals surface area contributed by atoms with Crippen LogP contribution < -0.4 is 10.1 Å². The van der Waals surface area contributed by atoms with Gasteiger partial charge in [0.15, 0.2) is 6.10 Å². The van der Waals surface area contributed by atoms with E-state index in [2.05, 4.69) is 27.7 Å². The summed E-state index contributed by atoms with van der Waals surface area (Å²) in [7, 11) is 1.89. The summed E-state index contributed by atoms with van der Waals surface area (Å²) in [5, 5.41) is 11.4. The third-order valence-electron chi connectivity index (χ3n) is 5.98. The predicted molar refractivity (Wildman–Crippen MR) is 125 cm³/mol. The number of hydrogen-bond acceptors (Lipinski definition) is 5. The summed E-state index contributed by atoms with van der Waals surface area (Å²) < 4.78 is 7.82. The van der Waals surface area contributed by atoms with Gasteiger partial charge in [0.25, 0.3) is 0 Å². The number of oxime groups is 1. The summed E-state index contributed by atoms with van der Waals surface area (Å²) in [5.74, 6) is 0.779. The summed E-state index contributed by atoms with van der Waals surface area (Å²) in [6.45, 7) is 2.11. The van der Waals surface area contributed by atoms with Crippen LogP contribution in [-0.2, 0) is 24.9 Å². The Bertz CT molecular complexity index is 1170. The molecule has 2 aromatic carbocycles. The van der Waals surface area contributed by atoms with Gasteiger partial charge in [-0.15, -0.1) is 0 Å². The fourth-order valence-electron chi connectivity index (χ4n) is 4.21. The van der Waals surface area contributed by atoms with Crippen LogP contribution in [0.4, 0.5) is 4.79 Å². The van der Waals surface area contributed by atoms with Crippen LogP contribution in [0.25, 0.3) is 11.1 Å². The molecule has 33 heavy (non-hydrogen) atoms. The maximum atomic E-state index is 12.6. The lowest BCUT2D eigenvalue weighted by Gasteiger charge is -2.28. The number of fused-ring (bicyclic) bond motifs is 1. The van der Waals surface area contributed by atoms with Crippen LogP contribution >= 0.6 is 0 Å². The van der Waals surface area contributed by atoms with Gasteiger partial charge < -0.3 is 19.8 Å². The molecule has 2 aliphatic rings. The van der Waals surface area contributed by atoms with E-state index in [0.29, 0.717) is 26.1 Å². The summed E-state index contributed by atoms with van der Waals surface area (Å²) in [6, 6.07) is 16.1. The summed E-state index contributed by atoms with van der Waals surface area (Å²) in [6.07, 6.45) is 5.10. The van der Waals surface area contributed by atoms with Gasteiger partial charge in [0, 0.05) is 43.9 Å². The Kier molecular flexibility index (Phi) is 5.97. The topological polar surface area (TPSA) is 81.0 Å². The molecule has 2 amide bonds. The lowest BCUT2D eigenvalue weighted by Crippen LogP contribution is -2.44. The highest BCUT2D eigenvalue weighted by molar-refractivity contribution is 5.90. The molecular weight excluding hydrogens is 418 g/mol. The number of aromatic nitrogens is 2. The zero-order valence-electron chi connectivity index (χ0n) is 18.6. The van der Waals surface area contributed by atoms with Crippen molar-refractivity contribution >= 4 is 11.7 Å². The first-order chi connectivity index (χ1) is 16.2. The van der Waals surface area contributed by atoms with E-state index in [1.807, 2.05) is 60.7 Å². The molecule has 2 aliphatic heterocycles. The van der Waals surface area contributed by atoms with Gasteiger partial charge in [0.05, 0.1) is 18.5 Å². The smallest absolute Gasteiger partial charge is 0.318 e. The minimum Gasteiger partial charge on any atom is -0.489 e. The molecule has 8 heteroatoms. The summed E-state index contributed by atoms with van der Waals surface area (Å²) in [5.41, 5.74) is 5.34. The van der Waals surface area contributed by atoms with Gasteiger partial charge in [-0.2, -0.15) is 5.10 Å². The fraction of sp³-hybridized carbons (Fsp3) is 0.320. The van der Waals surface area contributed by atoms with Crippen LogP contribution in [0, 0.1) is 0 Å². The van der Waals surface area contributed by atoms with E-state index in [0.717, 1.165) is 35.6 Å². The first-order valence-electron chi connectivity index (χ1n) is 11.2. The average molecular weight is 446 g/mol. The Morgan fingerprint density at radius 3 is 2.85 bits per heavy atom. The van der Waals surface area contributed by atoms with Crippen LogP contribution in [0.3, 0.4) is 0 Å². The number of benzene rings is 2. The van der Waals surface area contributed by atoms with Crippen molar-refractivity contribution in [3.8, 4) is 16.9 Å². The van der Waals surface area contributed by atoms with Crippen molar-refractivity contribution in [2.75, 3.05) is 19.7 Å². The molecule has 170 valence electrons. The molecule has 0 saturated carbocycles. The molecule has 1 atom stereocenters. The van der Waals surface area contributed by atoms with Crippen LogP contribution in [0.2, 0.25) is 0 Å². The first kappa shape index (κ1) is 21.1. The van der Waals surface area contributed by atoms with Gasteiger partial charge in [-0.25, -0.2) is 4.79 Å². The highest BCUT2D eigenvalue weighted by Crippen LogP contribution is 2.30. The van der Waals surface area contributed by atoms with Gasteiger partial charge in [-0.05, 0) is 23.6 Å². The number of rotatable bonds is 6. The molecule has 3 aromatic rings. The molecule has 0 aliphatic carbocycles. The van der Waals surface area contributed by atoms with Crippen LogP contribution in [0.15, 0.2) is 66.1 Å². The number of carbonyl (C=O) groups excluding carboxylic acids is 1. The van der Waals surface area contributed by atoms with E-state index in [9.17, 15) is 4.79 Å². The molecule has 0 saturated heterocycles. The zero-order chi connectivity index (χ0) is 22.6. The van der Waals surface area contributed by atoms with Gasteiger partial charge in [-0.3, -0.25) is 4.68 Å². The number of nitrogens with one attached hydrogen (secondary N) is 1. The van der Waals surface area contributed by atoms with E-state index in [-0.39, 0.29) is 12.1 Å². The Hall–Kier alpha value is -3.81.